The van der Waals surface area contributed by atoms with Crippen LogP contribution >= 0.6 is 0 Å². The smallest absolute Gasteiger partial charge is 0.228 e. The number of nitrogens with one attached hydrogen (secondary N) is 1. The molecule has 0 saturated heterocycles. The van der Waals surface area contributed by atoms with Gasteiger partial charge in [-0.15, -0.1) is 0 Å². The summed E-state index contributed by atoms with van der Waals surface area (Å²) in [7, 11) is 0. The van der Waals surface area contributed by atoms with E-state index in [1.54, 1.807) is 17.9 Å². The Hall–Kier alpha value is -4.69. The van der Waals surface area contributed by atoms with Gasteiger partial charge in [0.2, 0.25) is 12.3 Å². The van der Waals surface area contributed by atoms with Crippen molar-refractivity contribution in [2.45, 2.75) is 31.9 Å². The maximum atomic E-state index is 12.8. The lowest BCUT2D eigenvalue weighted by Gasteiger charge is -2.34. The highest BCUT2D eigenvalue weighted by molar-refractivity contribution is 5.91. The standard InChI is InChI=1S/C31H29N3O5/c1-21(31(37)32-30-16-17-38-33-30)18-27(36)26(19-22-8-3-2-4-9-22)34(20-35)25-11-7-13-29-24(25)15-14-23-10-5-6-12-28(23)39-29/h2-17,20-21,26-27,36H,18-19H2,1H3,(H,32,33,37)/t21-,26+,27+/m1/s1. The third-order valence-corrected chi connectivity index (χ3v) is 6.82. The minimum Gasteiger partial charge on any atom is -0.456 e. The number of nitrogens with zero attached hydrogens (tertiary/aromatic N) is 2. The van der Waals surface area contributed by atoms with Gasteiger partial charge in [-0.05, 0) is 42.7 Å². The van der Waals surface area contributed by atoms with Crippen molar-refractivity contribution in [2.24, 2.45) is 5.92 Å². The van der Waals surface area contributed by atoms with Crippen LogP contribution in [-0.4, -0.2) is 34.7 Å². The van der Waals surface area contributed by atoms with Crippen LogP contribution in [0.5, 0.6) is 11.5 Å². The monoisotopic (exact) mass is 523 g/mol. The second kappa shape index (κ2) is 11.8. The normalized spacial score (nSPS) is 14.1. The van der Waals surface area contributed by atoms with E-state index in [9.17, 15) is 14.7 Å². The zero-order chi connectivity index (χ0) is 27.2. The second-order valence-corrected chi connectivity index (χ2v) is 9.51. The van der Waals surface area contributed by atoms with Gasteiger partial charge in [-0.25, -0.2) is 0 Å². The molecule has 1 aliphatic rings. The molecule has 2 amide bonds. The van der Waals surface area contributed by atoms with Crippen LogP contribution in [0, 0.1) is 5.92 Å². The zero-order valence-electron chi connectivity index (χ0n) is 21.4. The molecular weight excluding hydrogens is 494 g/mol. The lowest BCUT2D eigenvalue weighted by Crippen LogP contribution is -2.46. The van der Waals surface area contributed by atoms with Gasteiger partial charge in [0.25, 0.3) is 0 Å². The number of benzene rings is 3. The average Bonchev–Trinajstić information content (AvgIpc) is 3.38. The van der Waals surface area contributed by atoms with E-state index in [4.69, 9.17) is 9.26 Å². The predicted molar refractivity (Wildman–Crippen MR) is 149 cm³/mol. The van der Waals surface area contributed by atoms with E-state index in [1.807, 2.05) is 84.9 Å². The van der Waals surface area contributed by atoms with E-state index in [-0.39, 0.29) is 12.3 Å². The number of anilines is 2. The Morgan fingerprint density at radius 1 is 1.00 bits per heavy atom. The number of hydrogen-bond donors (Lipinski definition) is 2. The van der Waals surface area contributed by atoms with Crippen molar-refractivity contribution in [3.8, 4) is 11.5 Å². The van der Waals surface area contributed by atoms with Crippen molar-refractivity contribution in [1.82, 2.24) is 5.16 Å². The van der Waals surface area contributed by atoms with E-state index in [0.29, 0.717) is 23.7 Å². The number of amides is 2. The van der Waals surface area contributed by atoms with Crippen molar-refractivity contribution >= 4 is 36.0 Å². The van der Waals surface area contributed by atoms with Gasteiger partial charge in [-0.1, -0.05) is 72.8 Å². The number of carbonyl (C=O) groups is 2. The molecule has 198 valence electrons. The first-order valence-corrected chi connectivity index (χ1v) is 12.8. The summed E-state index contributed by atoms with van der Waals surface area (Å²) < 4.78 is 11.0. The largest absolute Gasteiger partial charge is 0.456 e. The fourth-order valence-electron chi connectivity index (χ4n) is 4.76. The topological polar surface area (TPSA) is 105 Å². The van der Waals surface area contributed by atoms with Crippen molar-refractivity contribution in [3.63, 3.8) is 0 Å². The number of ether oxygens (including phenoxy) is 1. The number of aromatic nitrogens is 1. The molecule has 0 saturated carbocycles. The summed E-state index contributed by atoms with van der Waals surface area (Å²) in [5, 5.41) is 17.9. The zero-order valence-corrected chi connectivity index (χ0v) is 21.4. The number of rotatable bonds is 10. The SMILES string of the molecule is C[C@H](C[C@H](O)[C@H](Cc1ccccc1)N(C=O)c1cccc2c1C=Cc1ccccc1O2)C(=O)Nc1ccon1. The first kappa shape index (κ1) is 25.9. The van der Waals surface area contributed by atoms with E-state index in [0.717, 1.165) is 28.8 Å². The highest BCUT2D eigenvalue weighted by Gasteiger charge is 2.31. The molecular formula is C31H29N3O5. The summed E-state index contributed by atoms with van der Waals surface area (Å²) >= 11 is 0. The molecule has 0 fully saturated rings. The average molecular weight is 524 g/mol. The summed E-state index contributed by atoms with van der Waals surface area (Å²) in [6, 6.07) is 23.8. The molecule has 1 aliphatic heterocycles. The number of para-hydroxylation sites is 1. The van der Waals surface area contributed by atoms with Crippen LogP contribution in [-0.2, 0) is 16.0 Å². The maximum absolute atomic E-state index is 12.8. The number of carbonyl (C=O) groups excluding carboxylic acids is 2. The number of aliphatic hydroxyl groups excluding tert-OH is 1. The summed E-state index contributed by atoms with van der Waals surface area (Å²) in [5.74, 6) is 0.760. The molecule has 0 aliphatic carbocycles. The first-order chi connectivity index (χ1) is 19.0. The van der Waals surface area contributed by atoms with Crippen molar-refractivity contribution in [1.29, 1.82) is 0 Å². The van der Waals surface area contributed by atoms with E-state index < -0.39 is 18.1 Å². The van der Waals surface area contributed by atoms with Gasteiger partial charge in [0.1, 0.15) is 17.8 Å². The van der Waals surface area contributed by atoms with Gasteiger partial charge in [0, 0.05) is 23.1 Å². The Labute approximate surface area is 226 Å². The molecule has 8 heteroatoms. The minimum atomic E-state index is -1.02. The molecule has 1 aromatic heterocycles. The summed E-state index contributed by atoms with van der Waals surface area (Å²) in [6.45, 7) is 1.73. The van der Waals surface area contributed by atoms with Gasteiger partial charge in [-0.2, -0.15) is 0 Å². The lowest BCUT2D eigenvalue weighted by molar-refractivity contribution is -0.120. The highest BCUT2D eigenvalue weighted by Crippen LogP contribution is 2.39. The van der Waals surface area contributed by atoms with Crippen molar-refractivity contribution in [2.75, 3.05) is 10.2 Å². The maximum Gasteiger partial charge on any atom is 0.228 e. The number of fused-ring (bicyclic) bond motifs is 2. The van der Waals surface area contributed by atoms with Crippen LogP contribution in [0.2, 0.25) is 0 Å². The molecule has 8 nitrogen and oxygen atoms in total. The van der Waals surface area contributed by atoms with Gasteiger partial charge in [-0.3, -0.25) is 9.59 Å². The van der Waals surface area contributed by atoms with Gasteiger partial charge in [0.15, 0.2) is 5.82 Å². The van der Waals surface area contributed by atoms with Crippen LogP contribution in [0.15, 0.2) is 89.6 Å². The summed E-state index contributed by atoms with van der Waals surface area (Å²) in [6.07, 6.45) is 5.47. The predicted octanol–water partition coefficient (Wildman–Crippen LogP) is 5.55. The summed E-state index contributed by atoms with van der Waals surface area (Å²) in [5.41, 5.74) is 3.20. The van der Waals surface area contributed by atoms with Crippen molar-refractivity contribution in [3.05, 3.63) is 102 Å². The van der Waals surface area contributed by atoms with E-state index in [2.05, 4.69) is 10.5 Å². The molecule has 0 spiro atoms. The van der Waals surface area contributed by atoms with Crippen LogP contribution in [0.1, 0.15) is 30.0 Å². The molecule has 2 heterocycles. The number of hydrogen-bond acceptors (Lipinski definition) is 6. The van der Waals surface area contributed by atoms with E-state index >= 15 is 0 Å². The summed E-state index contributed by atoms with van der Waals surface area (Å²) in [4.78, 5) is 27.0. The Morgan fingerprint density at radius 3 is 2.54 bits per heavy atom. The minimum absolute atomic E-state index is 0.123. The van der Waals surface area contributed by atoms with E-state index in [1.165, 1.54) is 6.26 Å². The Balaban J connectivity index is 1.46. The molecule has 0 unspecified atom stereocenters. The molecule has 2 N–H and O–H groups in total. The van der Waals surface area contributed by atoms with Gasteiger partial charge in [0.05, 0.1) is 17.8 Å². The van der Waals surface area contributed by atoms with Crippen LogP contribution in [0.3, 0.4) is 0 Å². The molecule has 4 aromatic rings. The van der Waals surface area contributed by atoms with Gasteiger partial charge < -0.3 is 24.6 Å². The Morgan fingerprint density at radius 2 is 1.77 bits per heavy atom. The molecule has 3 atom stereocenters. The molecule has 5 rings (SSSR count). The number of aliphatic hydroxyl groups is 1. The highest BCUT2D eigenvalue weighted by atomic mass is 16.5. The second-order valence-electron chi connectivity index (χ2n) is 9.51. The molecule has 3 aromatic carbocycles. The van der Waals surface area contributed by atoms with Crippen LogP contribution < -0.4 is 15.0 Å². The third kappa shape index (κ3) is 5.91. The lowest BCUT2D eigenvalue weighted by atomic mass is 9.92. The third-order valence-electron chi connectivity index (χ3n) is 6.82. The fraction of sp³-hybridized carbons (Fsp3) is 0.194. The fourth-order valence-corrected chi connectivity index (χ4v) is 4.76. The quantitative estimate of drug-likeness (QED) is 0.233. The molecule has 0 bridgehead atoms. The van der Waals surface area contributed by atoms with Crippen LogP contribution in [0.4, 0.5) is 11.5 Å². The Kier molecular flexibility index (Phi) is 7.84. The molecule has 39 heavy (non-hydrogen) atoms. The van der Waals surface area contributed by atoms with Crippen LogP contribution in [0.25, 0.3) is 12.2 Å². The van der Waals surface area contributed by atoms with Gasteiger partial charge >= 0.3 is 0 Å². The first-order valence-electron chi connectivity index (χ1n) is 12.8. The Bertz CT molecular complexity index is 1450. The van der Waals surface area contributed by atoms with Crippen molar-refractivity contribution < 1.29 is 24.0 Å². The molecule has 0 radical (unpaired) electrons.